The lowest BCUT2D eigenvalue weighted by atomic mass is 10.3. The molecule has 2 nitrogen and oxygen atoms in total. The molecule has 68 valence electrons. The molecule has 0 amide bonds. The Morgan fingerprint density at radius 1 is 1.31 bits per heavy atom. The zero-order valence-electron chi connectivity index (χ0n) is 7.28. The van der Waals surface area contributed by atoms with Gasteiger partial charge in [0.2, 0.25) is 0 Å². The second-order valence-corrected chi connectivity index (χ2v) is 4.02. The van der Waals surface area contributed by atoms with Gasteiger partial charge >= 0.3 is 0 Å². The molecular formula is C10H11FN2. The molecule has 0 unspecified atom stereocenters. The summed E-state index contributed by atoms with van der Waals surface area (Å²) in [4.78, 5) is 6.08. The lowest BCUT2D eigenvalue weighted by molar-refractivity contribution is 0.620. The van der Waals surface area contributed by atoms with E-state index in [4.69, 9.17) is 0 Å². The Morgan fingerprint density at radius 3 is 2.77 bits per heavy atom. The van der Waals surface area contributed by atoms with E-state index in [0.717, 1.165) is 30.6 Å². The van der Waals surface area contributed by atoms with E-state index >= 15 is 0 Å². The summed E-state index contributed by atoms with van der Waals surface area (Å²) in [6.07, 6.45) is 4.37. The number of halogens is 1. The fraction of sp³-hybridized carbons (Fsp3) is 0.500. The first-order valence-corrected chi connectivity index (χ1v) is 4.68. The molecule has 2 fully saturated rings. The van der Waals surface area contributed by atoms with E-state index in [1.807, 2.05) is 0 Å². The maximum atomic E-state index is 12.8. The van der Waals surface area contributed by atoms with Crippen LogP contribution in [0.25, 0.3) is 0 Å². The summed E-state index contributed by atoms with van der Waals surface area (Å²) >= 11 is 0. The van der Waals surface area contributed by atoms with Crippen LogP contribution in [0, 0.1) is 17.7 Å². The van der Waals surface area contributed by atoms with Gasteiger partial charge in [-0.25, -0.2) is 4.39 Å². The van der Waals surface area contributed by atoms with Gasteiger partial charge in [0.15, 0.2) is 0 Å². The first kappa shape index (κ1) is 7.30. The molecule has 0 radical (unpaired) electrons. The summed E-state index contributed by atoms with van der Waals surface area (Å²) in [6, 6.07) is 1.57. The number of fused-ring (bicyclic) bond motifs is 1. The summed E-state index contributed by atoms with van der Waals surface area (Å²) in [7, 11) is 0. The molecule has 1 aromatic heterocycles. The normalized spacial score (nSPS) is 30.4. The van der Waals surface area contributed by atoms with Crippen molar-refractivity contribution in [3.05, 3.63) is 24.3 Å². The number of hydrogen-bond acceptors (Lipinski definition) is 2. The highest BCUT2D eigenvalue weighted by molar-refractivity contribution is 5.46. The summed E-state index contributed by atoms with van der Waals surface area (Å²) < 4.78 is 12.8. The number of anilines is 1. The molecule has 0 aromatic carbocycles. The first-order valence-electron chi connectivity index (χ1n) is 4.68. The molecule has 3 heteroatoms. The molecule has 13 heavy (non-hydrogen) atoms. The quantitative estimate of drug-likeness (QED) is 0.650. The highest BCUT2D eigenvalue weighted by atomic mass is 19.1. The van der Waals surface area contributed by atoms with Crippen molar-refractivity contribution in [1.82, 2.24) is 4.98 Å². The van der Waals surface area contributed by atoms with E-state index in [-0.39, 0.29) is 5.82 Å². The molecule has 1 saturated heterocycles. The maximum absolute atomic E-state index is 12.8. The van der Waals surface area contributed by atoms with E-state index in [1.165, 1.54) is 12.6 Å². The Labute approximate surface area is 76.4 Å². The zero-order valence-corrected chi connectivity index (χ0v) is 7.28. The van der Waals surface area contributed by atoms with Gasteiger partial charge in [0.05, 0.1) is 18.1 Å². The average Bonchev–Trinajstić information content (AvgIpc) is 2.74. The van der Waals surface area contributed by atoms with E-state index in [0.29, 0.717) is 0 Å². The minimum absolute atomic E-state index is 0.238. The maximum Gasteiger partial charge on any atom is 0.143 e. The average molecular weight is 178 g/mol. The second-order valence-electron chi connectivity index (χ2n) is 4.02. The first-order chi connectivity index (χ1) is 6.33. The molecule has 1 aromatic rings. The molecule has 2 atom stereocenters. The lowest BCUT2D eigenvalue weighted by Crippen LogP contribution is -2.21. The van der Waals surface area contributed by atoms with Crippen LogP contribution in [0.5, 0.6) is 0 Å². The van der Waals surface area contributed by atoms with Crippen LogP contribution in [-0.2, 0) is 0 Å². The van der Waals surface area contributed by atoms with Crippen LogP contribution >= 0.6 is 0 Å². The van der Waals surface area contributed by atoms with Gasteiger partial charge in [-0.05, 0) is 18.3 Å². The Morgan fingerprint density at radius 2 is 2.08 bits per heavy atom. The van der Waals surface area contributed by atoms with E-state index in [9.17, 15) is 4.39 Å². The molecule has 0 bridgehead atoms. The van der Waals surface area contributed by atoms with Crippen LogP contribution in [0.4, 0.5) is 10.1 Å². The summed E-state index contributed by atoms with van der Waals surface area (Å²) in [6.45, 7) is 2.19. The number of hydrogen-bond donors (Lipinski definition) is 0. The summed E-state index contributed by atoms with van der Waals surface area (Å²) in [5, 5.41) is 0. The molecule has 1 saturated carbocycles. The molecule has 3 rings (SSSR count). The Hall–Kier alpha value is -1.12. The molecule has 2 aliphatic rings. The van der Waals surface area contributed by atoms with Gasteiger partial charge < -0.3 is 4.90 Å². The van der Waals surface area contributed by atoms with Crippen LogP contribution < -0.4 is 4.90 Å². The number of aromatic nitrogens is 1. The monoisotopic (exact) mass is 178 g/mol. The van der Waals surface area contributed by atoms with Gasteiger partial charge in [-0.3, -0.25) is 4.98 Å². The fourth-order valence-corrected chi connectivity index (χ4v) is 2.18. The standard InChI is InChI=1S/C10H11FN2/c11-9-2-10(4-12-3-9)13-5-7-1-8(7)6-13/h2-4,7-8H,1,5-6H2/t7-,8+. The molecule has 2 heterocycles. The lowest BCUT2D eigenvalue weighted by Gasteiger charge is -2.19. The second kappa shape index (κ2) is 2.44. The fourth-order valence-electron chi connectivity index (χ4n) is 2.18. The smallest absolute Gasteiger partial charge is 0.143 e. The van der Waals surface area contributed by atoms with Crippen molar-refractivity contribution in [3.63, 3.8) is 0 Å². The van der Waals surface area contributed by atoms with Gasteiger partial charge in [-0.15, -0.1) is 0 Å². The van der Waals surface area contributed by atoms with Gasteiger partial charge in [-0.2, -0.15) is 0 Å². The topological polar surface area (TPSA) is 16.1 Å². The number of nitrogens with zero attached hydrogens (tertiary/aromatic N) is 2. The van der Waals surface area contributed by atoms with Gasteiger partial charge in [-0.1, -0.05) is 0 Å². The van der Waals surface area contributed by atoms with E-state index in [2.05, 4.69) is 9.88 Å². The van der Waals surface area contributed by atoms with Crippen LogP contribution in [0.2, 0.25) is 0 Å². The van der Waals surface area contributed by atoms with Crippen molar-refractivity contribution in [1.29, 1.82) is 0 Å². The molecule has 1 aliphatic carbocycles. The number of pyridine rings is 1. The third-order valence-corrected chi connectivity index (χ3v) is 3.03. The van der Waals surface area contributed by atoms with Crippen LogP contribution in [0.3, 0.4) is 0 Å². The Kier molecular flexibility index (Phi) is 1.37. The highest BCUT2D eigenvalue weighted by Gasteiger charge is 2.45. The van der Waals surface area contributed by atoms with Gasteiger partial charge in [0.25, 0.3) is 0 Å². The van der Waals surface area contributed by atoms with Crippen molar-refractivity contribution in [2.24, 2.45) is 11.8 Å². The molecule has 0 spiro atoms. The minimum Gasteiger partial charge on any atom is -0.370 e. The van der Waals surface area contributed by atoms with Crippen molar-refractivity contribution >= 4 is 5.69 Å². The SMILES string of the molecule is Fc1cncc(N2C[C@H]3C[C@H]3C2)c1. The van der Waals surface area contributed by atoms with Crippen LogP contribution in [0.1, 0.15) is 6.42 Å². The largest absolute Gasteiger partial charge is 0.370 e. The van der Waals surface area contributed by atoms with Gasteiger partial charge in [0, 0.05) is 19.2 Å². The van der Waals surface area contributed by atoms with Crippen molar-refractivity contribution in [2.45, 2.75) is 6.42 Å². The third-order valence-electron chi connectivity index (χ3n) is 3.03. The molecule has 0 N–H and O–H groups in total. The van der Waals surface area contributed by atoms with Crippen LogP contribution in [-0.4, -0.2) is 18.1 Å². The zero-order chi connectivity index (χ0) is 8.84. The Bertz CT molecular complexity index is 329. The number of rotatable bonds is 1. The Balaban J connectivity index is 1.84. The van der Waals surface area contributed by atoms with Crippen molar-refractivity contribution in [3.8, 4) is 0 Å². The molecule has 1 aliphatic heterocycles. The third kappa shape index (κ3) is 1.19. The van der Waals surface area contributed by atoms with Crippen molar-refractivity contribution in [2.75, 3.05) is 18.0 Å². The predicted octanol–water partition coefficient (Wildman–Crippen LogP) is 1.68. The molecular weight excluding hydrogens is 167 g/mol. The van der Waals surface area contributed by atoms with E-state index < -0.39 is 0 Å². The minimum atomic E-state index is -0.238. The summed E-state index contributed by atoms with van der Waals surface area (Å²) in [5.74, 6) is 1.52. The number of piperidine rings is 1. The highest BCUT2D eigenvalue weighted by Crippen LogP contribution is 2.46. The summed E-state index contributed by atoms with van der Waals surface area (Å²) in [5.41, 5.74) is 0.937. The van der Waals surface area contributed by atoms with Crippen LogP contribution in [0.15, 0.2) is 18.5 Å². The van der Waals surface area contributed by atoms with Gasteiger partial charge in [0.1, 0.15) is 5.82 Å². The predicted molar refractivity (Wildman–Crippen MR) is 48.0 cm³/mol. The van der Waals surface area contributed by atoms with E-state index in [1.54, 1.807) is 12.3 Å². The van der Waals surface area contributed by atoms with Crippen molar-refractivity contribution < 1.29 is 4.39 Å².